The summed E-state index contributed by atoms with van der Waals surface area (Å²) in [6.45, 7) is 4.25. The number of pyridine rings is 1. The van der Waals surface area contributed by atoms with Crippen LogP contribution in [0.25, 0.3) is 0 Å². The van der Waals surface area contributed by atoms with Crippen LogP contribution in [0.5, 0.6) is 0 Å². The average Bonchev–Trinajstić information content (AvgIpc) is 2.97. The molecule has 1 aliphatic carbocycles. The molecule has 3 nitrogen and oxygen atoms in total. The highest BCUT2D eigenvalue weighted by Crippen LogP contribution is 2.40. The van der Waals surface area contributed by atoms with E-state index in [1.165, 1.54) is 44.6 Å². The molecule has 2 atom stereocenters. The van der Waals surface area contributed by atoms with Crippen LogP contribution in [0.1, 0.15) is 25.0 Å². The van der Waals surface area contributed by atoms with Gasteiger partial charge in [-0.25, -0.2) is 4.98 Å². The highest BCUT2D eigenvalue weighted by atomic mass is 19.4. The van der Waals surface area contributed by atoms with Crippen molar-refractivity contribution in [2.24, 2.45) is 11.8 Å². The van der Waals surface area contributed by atoms with Crippen LogP contribution >= 0.6 is 0 Å². The Morgan fingerprint density at radius 2 is 1.68 bits per heavy atom. The highest BCUT2D eigenvalue weighted by Gasteiger charge is 2.42. The summed E-state index contributed by atoms with van der Waals surface area (Å²) in [5.41, 5.74) is -0.0238. The molecule has 2 aliphatic heterocycles. The van der Waals surface area contributed by atoms with Gasteiger partial charge >= 0.3 is 6.18 Å². The second-order valence-corrected chi connectivity index (χ2v) is 6.86. The number of nitrogens with zero attached hydrogens (tertiary/aromatic N) is 3. The molecule has 1 aromatic rings. The number of hydrogen-bond donors (Lipinski definition) is 0. The Hall–Kier alpha value is -1.30. The number of aromatic nitrogens is 1. The fourth-order valence-electron chi connectivity index (χ4n) is 4.21. The molecule has 0 bridgehead atoms. The van der Waals surface area contributed by atoms with Crippen molar-refractivity contribution in [3.63, 3.8) is 0 Å². The summed E-state index contributed by atoms with van der Waals surface area (Å²) in [7, 11) is 0. The number of anilines is 1. The molecule has 1 aromatic heterocycles. The van der Waals surface area contributed by atoms with Gasteiger partial charge in [-0.1, -0.05) is 6.42 Å². The van der Waals surface area contributed by atoms with E-state index < -0.39 is 11.9 Å². The first-order valence-electron chi connectivity index (χ1n) is 8.03. The van der Waals surface area contributed by atoms with Crippen LogP contribution in [0.4, 0.5) is 18.9 Å². The van der Waals surface area contributed by atoms with Gasteiger partial charge in [-0.15, -0.1) is 0 Å². The third-order valence-electron chi connectivity index (χ3n) is 5.54. The number of halogens is 3. The third kappa shape index (κ3) is 2.47. The Morgan fingerprint density at radius 3 is 2.23 bits per heavy atom. The topological polar surface area (TPSA) is 19.4 Å². The van der Waals surface area contributed by atoms with Gasteiger partial charge < -0.3 is 4.90 Å². The molecule has 0 radical (unpaired) electrons. The van der Waals surface area contributed by atoms with Crippen molar-refractivity contribution in [3.8, 4) is 0 Å². The Morgan fingerprint density at radius 1 is 1.00 bits per heavy atom. The predicted octanol–water partition coefficient (Wildman–Crippen LogP) is 3.02. The van der Waals surface area contributed by atoms with Gasteiger partial charge in [0.15, 0.2) is 0 Å². The first-order chi connectivity index (χ1) is 10.5. The van der Waals surface area contributed by atoms with E-state index in [1.807, 2.05) is 0 Å². The zero-order chi connectivity index (χ0) is 15.3. The van der Waals surface area contributed by atoms with Crippen molar-refractivity contribution < 1.29 is 13.2 Å². The second kappa shape index (κ2) is 5.11. The largest absolute Gasteiger partial charge is 0.433 e. The fourth-order valence-corrected chi connectivity index (χ4v) is 4.21. The Kier molecular flexibility index (Phi) is 3.33. The summed E-state index contributed by atoms with van der Waals surface area (Å²) in [4.78, 5) is 8.24. The molecule has 1 saturated carbocycles. The normalized spacial score (nSPS) is 29.7. The van der Waals surface area contributed by atoms with E-state index in [9.17, 15) is 13.2 Å². The van der Waals surface area contributed by atoms with Crippen LogP contribution in [-0.2, 0) is 6.18 Å². The molecule has 6 heteroatoms. The van der Waals surface area contributed by atoms with Crippen molar-refractivity contribution >= 4 is 5.69 Å². The lowest BCUT2D eigenvalue weighted by Crippen LogP contribution is -2.59. The van der Waals surface area contributed by atoms with E-state index in [4.69, 9.17) is 0 Å². The zero-order valence-corrected chi connectivity index (χ0v) is 12.4. The van der Waals surface area contributed by atoms with Gasteiger partial charge in [0.25, 0.3) is 0 Å². The SMILES string of the molecule is FC(F)(F)c1ccc(N2CC(N3CC4CCCC4C3)C2)cn1. The van der Waals surface area contributed by atoms with Gasteiger partial charge in [0.05, 0.1) is 11.9 Å². The Labute approximate surface area is 128 Å². The maximum absolute atomic E-state index is 12.5. The molecule has 0 amide bonds. The summed E-state index contributed by atoms with van der Waals surface area (Å²) in [5.74, 6) is 1.78. The maximum Gasteiger partial charge on any atom is 0.433 e. The minimum Gasteiger partial charge on any atom is -0.367 e. The second-order valence-electron chi connectivity index (χ2n) is 6.86. The molecular formula is C16H20F3N3. The molecular weight excluding hydrogens is 291 g/mol. The predicted molar refractivity (Wildman–Crippen MR) is 77.6 cm³/mol. The molecule has 3 aliphatic rings. The van der Waals surface area contributed by atoms with Gasteiger partial charge in [0, 0.05) is 32.2 Å². The molecule has 4 rings (SSSR count). The summed E-state index contributed by atoms with van der Waals surface area (Å²) in [5, 5.41) is 0. The first-order valence-corrected chi connectivity index (χ1v) is 8.03. The summed E-state index contributed by atoms with van der Waals surface area (Å²) in [6.07, 6.45) is 1.12. The molecule has 22 heavy (non-hydrogen) atoms. The minimum atomic E-state index is -4.36. The molecule has 2 unspecified atom stereocenters. The highest BCUT2D eigenvalue weighted by molar-refractivity contribution is 5.48. The van der Waals surface area contributed by atoms with E-state index in [-0.39, 0.29) is 0 Å². The van der Waals surface area contributed by atoms with Crippen molar-refractivity contribution in [1.82, 2.24) is 9.88 Å². The Bertz CT molecular complexity index is 525. The average molecular weight is 311 g/mol. The number of likely N-dealkylation sites (tertiary alicyclic amines) is 1. The van der Waals surface area contributed by atoms with E-state index >= 15 is 0 Å². The Balaban J connectivity index is 1.33. The quantitative estimate of drug-likeness (QED) is 0.837. The summed E-state index contributed by atoms with van der Waals surface area (Å²) < 4.78 is 37.5. The number of rotatable bonds is 2. The zero-order valence-electron chi connectivity index (χ0n) is 12.4. The monoisotopic (exact) mass is 311 g/mol. The van der Waals surface area contributed by atoms with E-state index in [0.29, 0.717) is 6.04 Å². The van der Waals surface area contributed by atoms with Gasteiger partial charge in [-0.3, -0.25) is 4.90 Å². The molecule has 0 spiro atoms. The third-order valence-corrected chi connectivity index (χ3v) is 5.54. The summed E-state index contributed by atoms with van der Waals surface area (Å²) in [6, 6.07) is 3.17. The minimum absolute atomic E-state index is 0.563. The van der Waals surface area contributed by atoms with Crippen LogP contribution in [-0.4, -0.2) is 42.1 Å². The smallest absolute Gasteiger partial charge is 0.367 e. The lowest BCUT2D eigenvalue weighted by Gasteiger charge is -2.45. The van der Waals surface area contributed by atoms with Crippen LogP contribution in [0.3, 0.4) is 0 Å². The molecule has 120 valence electrons. The van der Waals surface area contributed by atoms with Crippen LogP contribution in [0.2, 0.25) is 0 Å². The van der Waals surface area contributed by atoms with Crippen molar-refractivity contribution in [1.29, 1.82) is 0 Å². The van der Waals surface area contributed by atoms with Gasteiger partial charge in [0.1, 0.15) is 5.69 Å². The lowest BCUT2D eigenvalue weighted by molar-refractivity contribution is -0.141. The van der Waals surface area contributed by atoms with E-state index in [1.54, 1.807) is 0 Å². The molecule has 2 saturated heterocycles. The van der Waals surface area contributed by atoms with Gasteiger partial charge in [-0.2, -0.15) is 13.2 Å². The standard InChI is InChI=1S/C16H20F3N3/c17-16(18,19)15-5-4-13(6-20-15)22-9-14(10-22)21-7-11-2-1-3-12(11)8-21/h4-6,11-12,14H,1-3,7-10H2. The van der Waals surface area contributed by atoms with Gasteiger partial charge in [0.2, 0.25) is 0 Å². The number of hydrogen-bond acceptors (Lipinski definition) is 3. The first kappa shape index (κ1) is 14.3. The van der Waals surface area contributed by atoms with E-state index in [0.717, 1.165) is 36.7 Å². The van der Waals surface area contributed by atoms with Crippen molar-refractivity contribution in [2.45, 2.75) is 31.5 Å². The van der Waals surface area contributed by atoms with Gasteiger partial charge in [-0.05, 0) is 36.8 Å². The lowest BCUT2D eigenvalue weighted by atomic mass is 10.0. The fraction of sp³-hybridized carbons (Fsp3) is 0.688. The van der Waals surface area contributed by atoms with Crippen molar-refractivity contribution in [2.75, 3.05) is 31.1 Å². The van der Waals surface area contributed by atoms with Crippen LogP contribution in [0.15, 0.2) is 18.3 Å². The molecule has 0 N–H and O–H groups in total. The number of fused-ring (bicyclic) bond motifs is 1. The van der Waals surface area contributed by atoms with Crippen LogP contribution in [0, 0.1) is 11.8 Å². The van der Waals surface area contributed by atoms with Crippen LogP contribution < -0.4 is 4.90 Å². The molecule has 0 aromatic carbocycles. The van der Waals surface area contributed by atoms with Crippen molar-refractivity contribution in [3.05, 3.63) is 24.0 Å². The summed E-state index contributed by atoms with van der Waals surface area (Å²) >= 11 is 0. The molecule has 3 fully saturated rings. The molecule has 3 heterocycles. The number of alkyl halides is 3. The van der Waals surface area contributed by atoms with E-state index in [2.05, 4.69) is 14.8 Å². The maximum atomic E-state index is 12.5.